The van der Waals surface area contributed by atoms with Crippen LogP contribution in [0.25, 0.3) is 10.9 Å². The number of amides is 2. The predicted molar refractivity (Wildman–Crippen MR) is 133 cm³/mol. The predicted octanol–water partition coefficient (Wildman–Crippen LogP) is 2.87. The van der Waals surface area contributed by atoms with Gasteiger partial charge in [-0.2, -0.15) is 4.37 Å². The van der Waals surface area contributed by atoms with Crippen LogP contribution in [0.4, 0.5) is 15.2 Å². The van der Waals surface area contributed by atoms with E-state index in [0.717, 1.165) is 11.5 Å². The minimum absolute atomic E-state index is 0.0164. The smallest absolute Gasteiger partial charge is 0.263 e. The third-order valence-electron chi connectivity index (χ3n) is 6.04. The van der Waals surface area contributed by atoms with E-state index >= 15 is 0 Å². The van der Waals surface area contributed by atoms with Gasteiger partial charge in [-0.3, -0.25) is 14.3 Å². The molecule has 2 aromatic heterocycles. The van der Waals surface area contributed by atoms with Gasteiger partial charge in [0.05, 0.1) is 10.4 Å². The summed E-state index contributed by atoms with van der Waals surface area (Å²) in [5.41, 5.74) is 0.868. The van der Waals surface area contributed by atoms with Crippen molar-refractivity contribution < 1.29 is 22.4 Å². The molecule has 186 valence electrons. The van der Waals surface area contributed by atoms with Gasteiger partial charge in [0.2, 0.25) is 16.9 Å². The van der Waals surface area contributed by atoms with Crippen LogP contribution in [0.5, 0.6) is 0 Å². The molecule has 0 bridgehead atoms. The first-order valence-corrected chi connectivity index (χ1v) is 13.2. The van der Waals surface area contributed by atoms with E-state index in [0.29, 0.717) is 16.6 Å². The number of anilines is 2. The number of carbonyl (C=O) groups is 2. The maximum atomic E-state index is 14.4. The lowest BCUT2D eigenvalue weighted by Gasteiger charge is -2.35. The molecule has 1 N–H and O–H groups in total. The largest absolute Gasteiger partial charge is 0.333 e. The standard InChI is InChI=1S/C23H21FN6O4S2/c1-15(29-10-9-16-3-2-4-19(24)21(16)29)22(32)28-11-12-30(20(31)13-28)17-5-7-18(8-6-17)36(33,34)27-23-25-14-26-35-23/h2-10,14-15H,11-13H2,1H3,(H,25,26,27)/t15-/m0/s1. The zero-order valence-electron chi connectivity index (χ0n) is 19.0. The van der Waals surface area contributed by atoms with Crippen LogP contribution < -0.4 is 9.62 Å². The van der Waals surface area contributed by atoms with Gasteiger partial charge in [-0.25, -0.2) is 17.8 Å². The van der Waals surface area contributed by atoms with Crippen molar-refractivity contribution >= 4 is 55.1 Å². The zero-order valence-corrected chi connectivity index (χ0v) is 20.7. The van der Waals surface area contributed by atoms with Crippen LogP contribution in [-0.4, -0.2) is 58.7 Å². The highest BCUT2D eigenvalue weighted by molar-refractivity contribution is 7.93. The average molecular weight is 529 g/mol. The second-order valence-corrected chi connectivity index (χ2v) is 10.7. The molecule has 2 amide bonds. The van der Waals surface area contributed by atoms with Crippen molar-refractivity contribution in [3.05, 3.63) is 66.9 Å². The summed E-state index contributed by atoms with van der Waals surface area (Å²) in [6, 6.07) is 11.7. The summed E-state index contributed by atoms with van der Waals surface area (Å²) in [6.07, 6.45) is 2.92. The second-order valence-electron chi connectivity index (χ2n) is 8.23. The third kappa shape index (κ3) is 4.42. The van der Waals surface area contributed by atoms with Crippen molar-refractivity contribution in [2.24, 2.45) is 0 Å². The van der Waals surface area contributed by atoms with Gasteiger partial charge < -0.3 is 14.4 Å². The van der Waals surface area contributed by atoms with Gasteiger partial charge in [0.1, 0.15) is 24.7 Å². The molecule has 0 radical (unpaired) electrons. The Morgan fingerprint density at radius 2 is 1.92 bits per heavy atom. The van der Waals surface area contributed by atoms with E-state index in [1.165, 1.54) is 34.3 Å². The fourth-order valence-corrected chi connectivity index (χ4v) is 5.87. The minimum Gasteiger partial charge on any atom is -0.333 e. The van der Waals surface area contributed by atoms with Crippen molar-refractivity contribution in [1.29, 1.82) is 0 Å². The molecular formula is C23H21FN6O4S2. The number of carbonyl (C=O) groups excluding carboxylic acids is 2. The molecule has 13 heteroatoms. The number of nitrogens with zero attached hydrogens (tertiary/aromatic N) is 5. The van der Waals surface area contributed by atoms with Gasteiger partial charge in [0.15, 0.2) is 0 Å². The molecule has 0 saturated carbocycles. The van der Waals surface area contributed by atoms with Crippen LogP contribution in [0, 0.1) is 5.82 Å². The van der Waals surface area contributed by atoms with Gasteiger partial charge in [-0.1, -0.05) is 12.1 Å². The summed E-state index contributed by atoms with van der Waals surface area (Å²) in [5, 5.41) is 0.847. The van der Waals surface area contributed by atoms with Gasteiger partial charge >= 0.3 is 0 Å². The lowest BCUT2D eigenvalue weighted by molar-refractivity contribution is -0.139. The summed E-state index contributed by atoms with van der Waals surface area (Å²) in [7, 11) is -3.84. The molecule has 0 unspecified atom stereocenters. The third-order valence-corrected chi connectivity index (χ3v) is 8.10. The van der Waals surface area contributed by atoms with Crippen molar-refractivity contribution in [2.45, 2.75) is 17.9 Å². The van der Waals surface area contributed by atoms with E-state index in [2.05, 4.69) is 14.1 Å². The topological polar surface area (TPSA) is 118 Å². The maximum absolute atomic E-state index is 14.4. The van der Waals surface area contributed by atoms with Crippen molar-refractivity contribution in [3.8, 4) is 0 Å². The lowest BCUT2D eigenvalue weighted by atomic mass is 10.2. The number of hydrogen-bond donors (Lipinski definition) is 1. The number of benzene rings is 2. The molecule has 1 aliphatic rings. The van der Waals surface area contributed by atoms with Crippen molar-refractivity contribution in [1.82, 2.24) is 18.8 Å². The fourth-order valence-electron chi connectivity index (χ4n) is 4.21. The molecule has 0 spiro atoms. The quantitative estimate of drug-likeness (QED) is 0.411. The number of nitrogens with one attached hydrogen (secondary N) is 1. The van der Waals surface area contributed by atoms with E-state index in [1.807, 2.05) is 0 Å². The zero-order chi connectivity index (χ0) is 25.4. The Morgan fingerprint density at radius 1 is 1.14 bits per heavy atom. The monoisotopic (exact) mass is 528 g/mol. The number of fused-ring (bicyclic) bond motifs is 1. The first kappa shape index (κ1) is 23.9. The molecule has 0 aliphatic carbocycles. The van der Waals surface area contributed by atoms with E-state index in [9.17, 15) is 22.4 Å². The van der Waals surface area contributed by atoms with Crippen LogP contribution in [0.1, 0.15) is 13.0 Å². The number of halogens is 1. The highest BCUT2D eigenvalue weighted by Crippen LogP contribution is 2.26. The SMILES string of the molecule is C[C@@H](C(=O)N1CCN(c2ccc(S(=O)(=O)Nc3ncns3)cc2)C(=O)C1)n1ccc2cccc(F)c21. The van der Waals surface area contributed by atoms with Crippen LogP contribution in [0.3, 0.4) is 0 Å². The molecule has 3 heterocycles. The number of rotatable bonds is 6. The molecule has 4 aromatic rings. The molecule has 2 aromatic carbocycles. The van der Waals surface area contributed by atoms with Gasteiger partial charge in [0, 0.05) is 41.9 Å². The van der Waals surface area contributed by atoms with Crippen LogP contribution in [0.2, 0.25) is 0 Å². The number of aromatic nitrogens is 3. The summed E-state index contributed by atoms with van der Waals surface area (Å²) < 4.78 is 47.1. The van der Waals surface area contributed by atoms with Crippen LogP contribution in [-0.2, 0) is 19.6 Å². The Morgan fingerprint density at radius 3 is 2.61 bits per heavy atom. The minimum atomic E-state index is -3.84. The summed E-state index contributed by atoms with van der Waals surface area (Å²) in [6.45, 7) is 2.08. The highest BCUT2D eigenvalue weighted by atomic mass is 32.2. The number of para-hydroxylation sites is 1. The Hall–Kier alpha value is -3.84. The number of piperazine rings is 1. The summed E-state index contributed by atoms with van der Waals surface area (Å²) in [5.74, 6) is -0.997. The molecular weight excluding hydrogens is 507 g/mol. The average Bonchev–Trinajstić information content (AvgIpc) is 3.53. The Kier molecular flexibility index (Phi) is 6.18. The molecule has 1 aliphatic heterocycles. The van der Waals surface area contributed by atoms with Crippen molar-refractivity contribution in [2.75, 3.05) is 29.3 Å². The van der Waals surface area contributed by atoms with E-state index < -0.39 is 21.9 Å². The number of hydrogen-bond acceptors (Lipinski definition) is 7. The van der Waals surface area contributed by atoms with E-state index in [1.54, 1.807) is 48.0 Å². The fraction of sp³-hybridized carbons (Fsp3) is 0.217. The number of sulfonamides is 1. The Bertz CT molecular complexity index is 1540. The highest BCUT2D eigenvalue weighted by Gasteiger charge is 2.31. The van der Waals surface area contributed by atoms with Crippen LogP contribution in [0.15, 0.2) is 66.0 Å². The Balaban J connectivity index is 1.27. The molecule has 1 fully saturated rings. The summed E-state index contributed by atoms with van der Waals surface area (Å²) >= 11 is 0.919. The van der Waals surface area contributed by atoms with Gasteiger partial charge in [-0.05, 0) is 43.3 Å². The van der Waals surface area contributed by atoms with Gasteiger partial charge in [-0.15, -0.1) is 0 Å². The first-order valence-electron chi connectivity index (χ1n) is 11.0. The van der Waals surface area contributed by atoms with Gasteiger partial charge in [0.25, 0.3) is 10.0 Å². The van der Waals surface area contributed by atoms with Crippen molar-refractivity contribution in [3.63, 3.8) is 0 Å². The Labute approximate surface area is 210 Å². The summed E-state index contributed by atoms with van der Waals surface area (Å²) in [4.78, 5) is 32.8. The van der Waals surface area contributed by atoms with Crippen LogP contribution >= 0.6 is 11.5 Å². The first-order chi connectivity index (χ1) is 17.2. The molecule has 36 heavy (non-hydrogen) atoms. The lowest BCUT2D eigenvalue weighted by Crippen LogP contribution is -2.53. The maximum Gasteiger partial charge on any atom is 0.263 e. The van der Waals surface area contributed by atoms with E-state index in [-0.39, 0.29) is 41.5 Å². The molecule has 1 atom stereocenters. The second kappa shape index (κ2) is 9.32. The molecule has 5 rings (SSSR count). The molecule has 10 nitrogen and oxygen atoms in total. The van der Waals surface area contributed by atoms with E-state index in [4.69, 9.17) is 0 Å². The molecule has 1 saturated heterocycles. The normalized spacial score (nSPS) is 15.3.